The Morgan fingerprint density at radius 3 is 3.19 bits per heavy atom. The first-order chi connectivity index (χ1) is 7.83. The molecule has 3 heterocycles. The molecule has 3 nitrogen and oxygen atoms in total. The van der Waals surface area contributed by atoms with Gasteiger partial charge in [-0.2, -0.15) is 0 Å². The zero-order valence-electron chi connectivity index (χ0n) is 9.43. The zero-order valence-corrected chi connectivity index (χ0v) is 9.43. The minimum Gasteiger partial charge on any atom is -0.334 e. The Morgan fingerprint density at radius 2 is 2.38 bits per heavy atom. The van der Waals surface area contributed by atoms with Gasteiger partial charge in [-0.1, -0.05) is 6.92 Å². The van der Waals surface area contributed by atoms with Gasteiger partial charge < -0.3 is 4.57 Å². The number of pyridine rings is 1. The predicted molar refractivity (Wildman–Crippen MR) is 62.9 cm³/mol. The van der Waals surface area contributed by atoms with E-state index in [0.717, 1.165) is 30.1 Å². The third kappa shape index (κ3) is 1.62. The van der Waals surface area contributed by atoms with E-state index in [1.165, 1.54) is 12.2 Å². The molecule has 0 unspecified atom stereocenters. The molecule has 0 bridgehead atoms. The molecule has 3 rings (SSSR count). The first kappa shape index (κ1) is 9.58. The van der Waals surface area contributed by atoms with Crippen LogP contribution < -0.4 is 0 Å². The van der Waals surface area contributed by atoms with Gasteiger partial charge in [-0.05, 0) is 24.5 Å². The lowest BCUT2D eigenvalue weighted by Gasteiger charge is -2.18. The Hall–Kier alpha value is -1.64. The molecule has 82 valence electrons. The molecular weight excluding hydrogens is 198 g/mol. The van der Waals surface area contributed by atoms with E-state index < -0.39 is 0 Å². The highest BCUT2D eigenvalue weighted by Crippen LogP contribution is 2.24. The fourth-order valence-corrected chi connectivity index (χ4v) is 2.24. The van der Waals surface area contributed by atoms with Crippen LogP contribution in [0, 0.1) is 5.92 Å². The Labute approximate surface area is 95.2 Å². The van der Waals surface area contributed by atoms with E-state index in [1.54, 1.807) is 6.20 Å². The van der Waals surface area contributed by atoms with Crippen molar-refractivity contribution in [3.63, 3.8) is 0 Å². The molecule has 2 aromatic rings. The normalized spacial score (nSPS) is 19.4. The summed E-state index contributed by atoms with van der Waals surface area (Å²) in [7, 11) is 0. The van der Waals surface area contributed by atoms with Crippen LogP contribution in [0.2, 0.25) is 0 Å². The number of hydrogen-bond donors (Lipinski definition) is 0. The molecule has 2 aromatic heterocycles. The smallest absolute Gasteiger partial charge is 0.109 e. The van der Waals surface area contributed by atoms with Crippen molar-refractivity contribution in [2.45, 2.75) is 26.3 Å². The molecule has 0 aliphatic carbocycles. The van der Waals surface area contributed by atoms with Gasteiger partial charge >= 0.3 is 0 Å². The van der Waals surface area contributed by atoms with Crippen molar-refractivity contribution in [3.8, 4) is 11.3 Å². The standard InChI is InChI=1S/C13H15N3/c1-10-4-6-16-9-12(15-13(16)7-10)11-3-2-5-14-8-11/h2-3,5,8-10H,4,6-7H2,1H3/t10-/m0/s1. The fraction of sp³-hybridized carbons (Fsp3) is 0.385. The molecule has 0 saturated carbocycles. The Morgan fingerprint density at radius 1 is 1.44 bits per heavy atom. The van der Waals surface area contributed by atoms with Crippen LogP contribution in [0.1, 0.15) is 19.2 Å². The molecule has 0 radical (unpaired) electrons. The number of nitrogens with zero attached hydrogens (tertiary/aromatic N) is 3. The Kier molecular flexibility index (Phi) is 2.24. The lowest BCUT2D eigenvalue weighted by atomic mass is 10.0. The molecule has 0 N–H and O–H groups in total. The summed E-state index contributed by atoms with van der Waals surface area (Å²) < 4.78 is 2.28. The summed E-state index contributed by atoms with van der Waals surface area (Å²) in [6.45, 7) is 3.39. The summed E-state index contributed by atoms with van der Waals surface area (Å²) >= 11 is 0. The summed E-state index contributed by atoms with van der Waals surface area (Å²) in [6.07, 6.45) is 8.17. The van der Waals surface area contributed by atoms with Gasteiger partial charge in [0.25, 0.3) is 0 Å². The SMILES string of the molecule is C[C@H]1CCn2cc(-c3cccnc3)nc2C1. The summed E-state index contributed by atoms with van der Waals surface area (Å²) in [5.41, 5.74) is 2.16. The second-order valence-corrected chi connectivity index (χ2v) is 4.58. The third-order valence-electron chi connectivity index (χ3n) is 3.21. The first-order valence-corrected chi connectivity index (χ1v) is 5.79. The molecule has 3 heteroatoms. The van der Waals surface area contributed by atoms with E-state index in [4.69, 9.17) is 4.98 Å². The quantitative estimate of drug-likeness (QED) is 0.728. The number of rotatable bonds is 1. The highest BCUT2D eigenvalue weighted by atomic mass is 15.1. The van der Waals surface area contributed by atoms with Crippen LogP contribution in [0.5, 0.6) is 0 Å². The zero-order chi connectivity index (χ0) is 11.0. The topological polar surface area (TPSA) is 30.7 Å². The average molecular weight is 213 g/mol. The van der Waals surface area contributed by atoms with Crippen molar-refractivity contribution in [2.24, 2.45) is 5.92 Å². The molecule has 1 aliphatic rings. The highest BCUT2D eigenvalue weighted by Gasteiger charge is 2.17. The summed E-state index contributed by atoms with van der Waals surface area (Å²) in [6, 6.07) is 4.01. The molecule has 1 atom stereocenters. The molecule has 1 aliphatic heterocycles. The third-order valence-corrected chi connectivity index (χ3v) is 3.21. The first-order valence-electron chi connectivity index (χ1n) is 5.79. The summed E-state index contributed by atoms with van der Waals surface area (Å²) in [4.78, 5) is 8.83. The number of hydrogen-bond acceptors (Lipinski definition) is 2. The maximum Gasteiger partial charge on any atom is 0.109 e. The molecule has 0 fully saturated rings. The van der Waals surface area contributed by atoms with E-state index in [2.05, 4.69) is 28.7 Å². The lowest BCUT2D eigenvalue weighted by molar-refractivity contribution is 0.409. The monoisotopic (exact) mass is 213 g/mol. The van der Waals surface area contributed by atoms with Gasteiger partial charge in [0.2, 0.25) is 0 Å². The van der Waals surface area contributed by atoms with Crippen molar-refractivity contribution in [1.82, 2.24) is 14.5 Å². The van der Waals surface area contributed by atoms with Crippen molar-refractivity contribution in [3.05, 3.63) is 36.5 Å². The van der Waals surface area contributed by atoms with Gasteiger partial charge in [-0.3, -0.25) is 4.98 Å². The van der Waals surface area contributed by atoms with Gasteiger partial charge in [0.15, 0.2) is 0 Å². The fourth-order valence-electron chi connectivity index (χ4n) is 2.24. The molecule has 0 spiro atoms. The molecule has 0 aromatic carbocycles. The van der Waals surface area contributed by atoms with Crippen LogP contribution in [-0.4, -0.2) is 14.5 Å². The van der Waals surface area contributed by atoms with Crippen molar-refractivity contribution in [1.29, 1.82) is 0 Å². The van der Waals surface area contributed by atoms with Crippen LogP contribution in [0.3, 0.4) is 0 Å². The maximum atomic E-state index is 4.69. The van der Waals surface area contributed by atoms with Gasteiger partial charge in [0.1, 0.15) is 5.82 Å². The lowest BCUT2D eigenvalue weighted by Crippen LogP contribution is -2.16. The van der Waals surface area contributed by atoms with Crippen LogP contribution in [-0.2, 0) is 13.0 Å². The largest absolute Gasteiger partial charge is 0.334 e. The van der Waals surface area contributed by atoms with E-state index in [1.807, 2.05) is 12.3 Å². The number of imidazole rings is 1. The highest BCUT2D eigenvalue weighted by molar-refractivity contribution is 5.57. The Bertz CT molecular complexity index is 487. The Balaban J connectivity index is 1.99. The number of fused-ring (bicyclic) bond motifs is 1. The number of aryl methyl sites for hydroxylation is 1. The minimum absolute atomic E-state index is 0.761. The van der Waals surface area contributed by atoms with E-state index in [-0.39, 0.29) is 0 Å². The van der Waals surface area contributed by atoms with Crippen molar-refractivity contribution >= 4 is 0 Å². The van der Waals surface area contributed by atoms with Crippen molar-refractivity contribution < 1.29 is 0 Å². The molecule has 16 heavy (non-hydrogen) atoms. The van der Waals surface area contributed by atoms with E-state index in [0.29, 0.717) is 0 Å². The van der Waals surface area contributed by atoms with Crippen LogP contribution in [0.4, 0.5) is 0 Å². The van der Waals surface area contributed by atoms with Gasteiger partial charge in [-0.25, -0.2) is 4.98 Å². The van der Waals surface area contributed by atoms with Crippen molar-refractivity contribution in [2.75, 3.05) is 0 Å². The van der Waals surface area contributed by atoms with Crippen LogP contribution >= 0.6 is 0 Å². The van der Waals surface area contributed by atoms with Crippen LogP contribution in [0.25, 0.3) is 11.3 Å². The average Bonchev–Trinajstić information content (AvgIpc) is 2.73. The second-order valence-electron chi connectivity index (χ2n) is 4.58. The van der Waals surface area contributed by atoms with E-state index >= 15 is 0 Å². The maximum absolute atomic E-state index is 4.69. The van der Waals surface area contributed by atoms with Gasteiger partial charge in [-0.15, -0.1) is 0 Å². The van der Waals surface area contributed by atoms with Crippen LogP contribution in [0.15, 0.2) is 30.7 Å². The number of aromatic nitrogens is 3. The molecule has 0 saturated heterocycles. The van der Waals surface area contributed by atoms with E-state index in [9.17, 15) is 0 Å². The summed E-state index contributed by atoms with van der Waals surface area (Å²) in [5.74, 6) is 1.98. The minimum atomic E-state index is 0.761. The summed E-state index contributed by atoms with van der Waals surface area (Å²) in [5, 5.41) is 0. The second kappa shape index (κ2) is 3.74. The van der Waals surface area contributed by atoms with Gasteiger partial charge in [0.05, 0.1) is 5.69 Å². The van der Waals surface area contributed by atoms with Gasteiger partial charge in [0, 0.05) is 37.1 Å². The molecular formula is C13H15N3. The molecule has 0 amide bonds. The predicted octanol–water partition coefficient (Wildman–Crippen LogP) is 2.53.